The van der Waals surface area contributed by atoms with Crippen LogP contribution in [0.4, 0.5) is 0 Å². The molecular formula is C13H15N5S. The third-order valence-corrected chi connectivity index (χ3v) is 4.14. The van der Waals surface area contributed by atoms with E-state index in [9.17, 15) is 0 Å². The van der Waals surface area contributed by atoms with E-state index >= 15 is 0 Å². The number of nitrogens with one attached hydrogen (secondary N) is 2. The number of hydrogen-bond acceptors (Lipinski definition) is 4. The van der Waals surface area contributed by atoms with E-state index in [1.807, 2.05) is 6.07 Å². The maximum Gasteiger partial charge on any atom is 0.171 e. The lowest BCUT2D eigenvalue weighted by Crippen LogP contribution is -2.16. The molecule has 2 aromatic rings. The average Bonchev–Trinajstić information content (AvgIpc) is 2.90. The Morgan fingerprint density at radius 1 is 1.37 bits per heavy atom. The molecule has 0 unspecified atom stereocenters. The molecule has 0 atom stereocenters. The van der Waals surface area contributed by atoms with Crippen molar-refractivity contribution in [2.75, 3.05) is 0 Å². The highest BCUT2D eigenvalue weighted by atomic mass is 32.2. The standard InChI is InChI=1S/C13H15N5S/c14-11(15)9-7-8-3-1-2-4-10(8)18-12(9)19-13-16-5-6-17-13/h5-7H,1-4H2,(H3,14,15)(H,16,17). The second-order valence-corrected chi connectivity index (χ2v) is 5.54. The van der Waals surface area contributed by atoms with E-state index in [1.165, 1.54) is 30.2 Å². The Morgan fingerprint density at radius 2 is 2.21 bits per heavy atom. The van der Waals surface area contributed by atoms with Crippen molar-refractivity contribution < 1.29 is 0 Å². The van der Waals surface area contributed by atoms with Crippen molar-refractivity contribution >= 4 is 17.6 Å². The van der Waals surface area contributed by atoms with Crippen LogP contribution in [-0.4, -0.2) is 20.8 Å². The van der Waals surface area contributed by atoms with Crippen LogP contribution in [0.1, 0.15) is 29.7 Å². The number of imidazole rings is 1. The van der Waals surface area contributed by atoms with Gasteiger partial charge in [-0.05, 0) is 49.1 Å². The number of aromatic amines is 1. The van der Waals surface area contributed by atoms with E-state index in [0.717, 1.165) is 28.7 Å². The highest BCUT2D eigenvalue weighted by Gasteiger charge is 2.17. The molecule has 0 saturated carbocycles. The molecule has 0 bridgehead atoms. The van der Waals surface area contributed by atoms with Crippen LogP contribution in [-0.2, 0) is 12.8 Å². The van der Waals surface area contributed by atoms with Crippen LogP contribution in [0.25, 0.3) is 0 Å². The fourth-order valence-corrected chi connectivity index (χ4v) is 3.14. The molecule has 1 aliphatic rings. The van der Waals surface area contributed by atoms with Crippen molar-refractivity contribution in [1.29, 1.82) is 5.41 Å². The van der Waals surface area contributed by atoms with Gasteiger partial charge in [0.25, 0.3) is 0 Å². The van der Waals surface area contributed by atoms with Crippen LogP contribution < -0.4 is 5.73 Å². The number of pyridine rings is 1. The summed E-state index contributed by atoms with van der Waals surface area (Å²) < 4.78 is 0. The third-order valence-electron chi connectivity index (χ3n) is 3.22. The van der Waals surface area contributed by atoms with Gasteiger partial charge in [-0.15, -0.1) is 0 Å². The van der Waals surface area contributed by atoms with Crippen molar-refractivity contribution in [2.45, 2.75) is 35.9 Å². The van der Waals surface area contributed by atoms with Crippen LogP contribution in [0.5, 0.6) is 0 Å². The van der Waals surface area contributed by atoms with E-state index in [-0.39, 0.29) is 5.84 Å². The van der Waals surface area contributed by atoms with Gasteiger partial charge in [0, 0.05) is 23.7 Å². The van der Waals surface area contributed by atoms with Gasteiger partial charge in [0.15, 0.2) is 5.16 Å². The minimum absolute atomic E-state index is 0.0647. The predicted molar refractivity (Wildman–Crippen MR) is 74.6 cm³/mol. The van der Waals surface area contributed by atoms with E-state index in [4.69, 9.17) is 16.1 Å². The van der Waals surface area contributed by atoms with Crippen molar-refractivity contribution in [3.8, 4) is 0 Å². The third kappa shape index (κ3) is 2.49. The molecule has 0 spiro atoms. The summed E-state index contributed by atoms with van der Waals surface area (Å²) >= 11 is 1.42. The molecule has 0 aromatic carbocycles. The second kappa shape index (κ2) is 5.05. The first kappa shape index (κ1) is 12.2. The molecule has 6 heteroatoms. The van der Waals surface area contributed by atoms with Gasteiger partial charge in [-0.1, -0.05) is 0 Å². The molecular weight excluding hydrogens is 258 g/mol. The molecule has 5 nitrogen and oxygen atoms in total. The lowest BCUT2D eigenvalue weighted by atomic mass is 9.95. The maximum absolute atomic E-state index is 7.72. The number of H-pyrrole nitrogens is 1. The number of aryl methyl sites for hydroxylation is 2. The molecule has 3 rings (SSSR count). The Hall–Kier alpha value is -1.82. The Balaban J connectivity index is 2.03. The smallest absolute Gasteiger partial charge is 0.171 e. The highest BCUT2D eigenvalue weighted by molar-refractivity contribution is 7.99. The number of nitrogens with two attached hydrogens (primary N) is 1. The number of fused-ring (bicyclic) bond motifs is 1. The van der Waals surface area contributed by atoms with E-state index < -0.39 is 0 Å². The lowest BCUT2D eigenvalue weighted by molar-refractivity contribution is 0.660. The Kier molecular flexibility index (Phi) is 3.25. The Bertz CT molecular complexity index is 606. The molecule has 4 N–H and O–H groups in total. The Labute approximate surface area is 115 Å². The number of nitrogens with zero attached hydrogens (tertiary/aromatic N) is 2. The molecule has 19 heavy (non-hydrogen) atoms. The normalized spacial score (nSPS) is 14.1. The summed E-state index contributed by atoms with van der Waals surface area (Å²) in [5.74, 6) is 0.0647. The second-order valence-electron chi connectivity index (χ2n) is 4.56. The molecule has 0 radical (unpaired) electrons. The van der Waals surface area contributed by atoms with Gasteiger partial charge in [-0.2, -0.15) is 0 Å². The first-order valence-corrected chi connectivity index (χ1v) is 7.10. The number of aromatic nitrogens is 3. The molecule has 2 aromatic heterocycles. The minimum Gasteiger partial charge on any atom is -0.384 e. The van der Waals surface area contributed by atoms with Gasteiger partial charge >= 0.3 is 0 Å². The molecule has 98 valence electrons. The summed E-state index contributed by atoms with van der Waals surface area (Å²) in [5.41, 5.74) is 8.77. The summed E-state index contributed by atoms with van der Waals surface area (Å²) in [6.07, 6.45) is 7.90. The number of nitrogen functional groups attached to an aromatic ring is 1. The van der Waals surface area contributed by atoms with Crippen LogP contribution in [0.3, 0.4) is 0 Å². The van der Waals surface area contributed by atoms with Gasteiger partial charge in [-0.3, -0.25) is 5.41 Å². The Morgan fingerprint density at radius 3 is 2.95 bits per heavy atom. The molecule has 0 amide bonds. The van der Waals surface area contributed by atoms with E-state index in [0.29, 0.717) is 5.56 Å². The van der Waals surface area contributed by atoms with Crippen molar-refractivity contribution in [2.24, 2.45) is 5.73 Å². The van der Waals surface area contributed by atoms with E-state index in [2.05, 4.69) is 9.97 Å². The largest absolute Gasteiger partial charge is 0.384 e. The molecule has 0 aliphatic heterocycles. The van der Waals surface area contributed by atoms with Crippen LogP contribution >= 0.6 is 11.8 Å². The summed E-state index contributed by atoms with van der Waals surface area (Å²) in [4.78, 5) is 11.9. The van der Waals surface area contributed by atoms with E-state index in [1.54, 1.807) is 12.4 Å². The average molecular weight is 273 g/mol. The predicted octanol–water partition coefficient (Wildman–Crippen LogP) is 2.12. The topological polar surface area (TPSA) is 91.4 Å². The van der Waals surface area contributed by atoms with Gasteiger partial charge in [0.05, 0.1) is 0 Å². The zero-order chi connectivity index (χ0) is 13.2. The SMILES string of the molecule is N=C(N)c1cc2c(nc1Sc1ncc[nH]1)CCCC2. The van der Waals surface area contributed by atoms with Crippen LogP contribution in [0, 0.1) is 5.41 Å². The zero-order valence-corrected chi connectivity index (χ0v) is 11.3. The molecule has 0 saturated heterocycles. The molecule has 0 fully saturated rings. The minimum atomic E-state index is 0.0647. The number of rotatable bonds is 3. The summed E-state index contributed by atoms with van der Waals surface area (Å²) in [7, 11) is 0. The first-order valence-electron chi connectivity index (χ1n) is 6.28. The summed E-state index contributed by atoms with van der Waals surface area (Å²) in [5, 5.41) is 9.25. The van der Waals surface area contributed by atoms with Crippen molar-refractivity contribution in [3.05, 3.63) is 35.3 Å². The number of amidine groups is 1. The summed E-state index contributed by atoms with van der Waals surface area (Å²) in [6, 6.07) is 2.02. The highest BCUT2D eigenvalue weighted by Crippen LogP contribution is 2.30. The maximum atomic E-state index is 7.72. The van der Waals surface area contributed by atoms with Crippen molar-refractivity contribution in [1.82, 2.24) is 15.0 Å². The van der Waals surface area contributed by atoms with Crippen molar-refractivity contribution in [3.63, 3.8) is 0 Å². The fourth-order valence-electron chi connectivity index (χ4n) is 2.28. The van der Waals surface area contributed by atoms with Gasteiger partial charge in [0.1, 0.15) is 10.9 Å². The van der Waals surface area contributed by atoms with Crippen LogP contribution in [0.15, 0.2) is 28.6 Å². The zero-order valence-electron chi connectivity index (χ0n) is 10.4. The fraction of sp³-hybridized carbons (Fsp3) is 0.308. The van der Waals surface area contributed by atoms with Crippen LogP contribution in [0.2, 0.25) is 0 Å². The monoisotopic (exact) mass is 273 g/mol. The van der Waals surface area contributed by atoms with Gasteiger partial charge in [-0.25, -0.2) is 9.97 Å². The summed E-state index contributed by atoms with van der Waals surface area (Å²) in [6.45, 7) is 0. The van der Waals surface area contributed by atoms with Gasteiger partial charge < -0.3 is 10.7 Å². The number of hydrogen-bond donors (Lipinski definition) is 3. The van der Waals surface area contributed by atoms with Gasteiger partial charge in [0.2, 0.25) is 0 Å². The lowest BCUT2D eigenvalue weighted by Gasteiger charge is -2.17. The quantitative estimate of drug-likeness (QED) is 0.590. The first-order chi connectivity index (χ1) is 9.24. The molecule has 2 heterocycles. The molecule has 1 aliphatic carbocycles.